The number of hydrogen-bond acceptors (Lipinski definition) is 5. The first kappa shape index (κ1) is 31.1. The summed E-state index contributed by atoms with van der Waals surface area (Å²) in [5.41, 5.74) is 2.04. The molecule has 3 aromatic carbocycles. The largest absolute Gasteiger partial charge is 0.497 e. The van der Waals surface area contributed by atoms with Crippen LogP contribution in [-0.2, 0) is 32.6 Å². The van der Waals surface area contributed by atoms with Crippen molar-refractivity contribution in [2.45, 2.75) is 75.9 Å². The van der Waals surface area contributed by atoms with Crippen LogP contribution in [-0.4, -0.2) is 50.9 Å². The maximum Gasteiger partial charge on any atom is 0.264 e. The summed E-state index contributed by atoms with van der Waals surface area (Å²) >= 11 is 0. The number of para-hydroxylation sites is 1. The van der Waals surface area contributed by atoms with Crippen LogP contribution in [0.4, 0.5) is 5.69 Å². The zero-order valence-corrected chi connectivity index (χ0v) is 25.5. The van der Waals surface area contributed by atoms with E-state index in [1.807, 2.05) is 31.2 Å². The lowest BCUT2D eigenvalue weighted by atomic mass is 9.95. The fourth-order valence-corrected chi connectivity index (χ4v) is 6.84. The molecule has 0 bridgehead atoms. The lowest BCUT2D eigenvalue weighted by molar-refractivity contribution is -0.139. The zero-order valence-electron chi connectivity index (χ0n) is 24.7. The number of hydrogen-bond donors (Lipinski definition) is 1. The number of methoxy groups -OCH3 is 1. The number of aryl methyl sites for hydroxylation is 1. The standard InChI is InChI=1S/C33H41N3O5S/c1-4-27-13-11-12-18-31(27)36(42(39,40)30-16-9-6-10-17-30)24-32(37)35(23-26-19-21-29(41-3)22-20-26)25(2)33(38)34-28-14-7-5-8-15-28/h6,9-13,16-22,25,28H,4-5,7-8,14-15,23-24H2,1-3H3,(H,34,38). The Hall–Kier alpha value is -3.85. The molecule has 1 fully saturated rings. The van der Waals surface area contributed by atoms with E-state index in [0.29, 0.717) is 17.9 Å². The topological polar surface area (TPSA) is 96.0 Å². The summed E-state index contributed by atoms with van der Waals surface area (Å²) in [4.78, 5) is 29.2. The predicted octanol–water partition coefficient (Wildman–Crippen LogP) is 5.32. The van der Waals surface area contributed by atoms with E-state index >= 15 is 0 Å². The number of amides is 2. The van der Waals surface area contributed by atoms with Crippen molar-refractivity contribution in [3.8, 4) is 5.75 Å². The van der Waals surface area contributed by atoms with E-state index in [1.165, 1.54) is 21.3 Å². The number of rotatable bonds is 12. The summed E-state index contributed by atoms with van der Waals surface area (Å²) in [5.74, 6) is -0.0336. The van der Waals surface area contributed by atoms with Crippen LogP contribution in [0, 0.1) is 0 Å². The third-order valence-electron chi connectivity index (χ3n) is 7.88. The number of nitrogens with zero attached hydrogens (tertiary/aromatic N) is 2. The molecule has 0 radical (unpaired) electrons. The van der Waals surface area contributed by atoms with Crippen LogP contribution in [0.25, 0.3) is 0 Å². The molecule has 0 heterocycles. The average Bonchev–Trinajstić information content (AvgIpc) is 3.03. The van der Waals surface area contributed by atoms with Gasteiger partial charge in [0.2, 0.25) is 11.8 Å². The van der Waals surface area contributed by atoms with Gasteiger partial charge in [-0.25, -0.2) is 8.42 Å². The van der Waals surface area contributed by atoms with Crippen molar-refractivity contribution in [3.05, 3.63) is 90.0 Å². The van der Waals surface area contributed by atoms with Crippen LogP contribution in [0.1, 0.15) is 57.1 Å². The number of anilines is 1. The summed E-state index contributed by atoms with van der Waals surface area (Å²) in [6, 6.07) is 21.9. The molecule has 224 valence electrons. The highest BCUT2D eigenvalue weighted by Crippen LogP contribution is 2.28. The lowest BCUT2D eigenvalue weighted by Gasteiger charge is -2.33. The molecule has 42 heavy (non-hydrogen) atoms. The monoisotopic (exact) mass is 591 g/mol. The molecule has 1 saturated carbocycles. The molecule has 1 atom stereocenters. The molecular weight excluding hydrogens is 550 g/mol. The highest BCUT2D eigenvalue weighted by atomic mass is 32.2. The molecular formula is C33H41N3O5S. The van der Waals surface area contributed by atoms with Gasteiger partial charge in [-0.15, -0.1) is 0 Å². The number of ether oxygens (including phenoxy) is 1. The van der Waals surface area contributed by atoms with Crippen molar-refractivity contribution in [1.29, 1.82) is 0 Å². The van der Waals surface area contributed by atoms with Crippen LogP contribution in [0.5, 0.6) is 5.75 Å². The van der Waals surface area contributed by atoms with Crippen LogP contribution in [0.2, 0.25) is 0 Å². The summed E-state index contributed by atoms with van der Waals surface area (Å²) in [6.45, 7) is 3.33. The van der Waals surface area contributed by atoms with E-state index < -0.39 is 28.5 Å². The fraction of sp³-hybridized carbons (Fsp3) is 0.394. The van der Waals surface area contributed by atoms with Gasteiger partial charge in [0, 0.05) is 12.6 Å². The quantitative estimate of drug-likeness (QED) is 0.308. The Kier molecular flexibility index (Phi) is 10.6. The zero-order chi connectivity index (χ0) is 30.1. The van der Waals surface area contributed by atoms with Crippen molar-refractivity contribution >= 4 is 27.5 Å². The van der Waals surface area contributed by atoms with Gasteiger partial charge in [0.1, 0.15) is 18.3 Å². The van der Waals surface area contributed by atoms with Gasteiger partial charge in [-0.2, -0.15) is 0 Å². The predicted molar refractivity (Wildman–Crippen MR) is 165 cm³/mol. The average molecular weight is 592 g/mol. The van der Waals surface area contributed by atoms with E-state index in [-0.39, 0.29) is 23.4 Å². The van der Waals surface area contributed by atoms with Crippen LogP contribution >= 0.6 is 0 Å². The molecule has 2 amide bonds. The molecule has 1 aliphatic carbocycles. The van der Waals surface area contributed by atoms with E-state index in [4.69, 9.17) is 4.74 Å². The van der Waals surface area contributed by atoms with Crippen molar-refractivity contribution in [2.75, 3.05) is 18.0 Å². The minimum absolute atomic E-state index is 0.0815. The first-order valence-corrected chi connectivity index (χ1v) is 16.1. The van der Waals surface area contributed by atoms with E-state index in [9.17, 15) is 18.0 Å². The second-order valence-electron chi connectivity index (χ2n) is 10.7. The van der Waals surface area contributed by atoms with Gasteiger partial charge in [0.15, 0.2) is 0 Å². The normalized spacial score (nSPS) is 14.5. The third-order valence-corrected chi connectivity index (χ3v) is 9.66. The van der Waals surface area contributed by atoms with Gasteiger partial charge in [0.25, 0.3) is 10.0 Å². The minimum Gasteiger partial charge on any atom is -0.497 e. The van der Waals surface area contributed by atoms with Gasteiger partial charge in [-0.3, -0.25) is 13.9 Å². The molecule has 0 aromatic heterocycles. The first-order chi connectivity index (χ1) is 20.2. The number of nitrogens with one attached hydrogen (secondary N) is 1. The summed E-state index contributed by atoms with van der Waals surface area (Å²) in [7, 11) is -2.52. The lowest BCUT2D eigenvalue weighted by Crippen LogP contribution is -2.53. The Morgan fingerprint density at radius 2 is 1.57 bits per heavy atom. The number of sulfonamides is 1. The Bertz CT molecular complexity index is 1440. The highest BCUT2D eigenvalue weighted by Gasteiger charge is 2.33. The van der Waals surface area contributed by atoms with E-state index in [1.54, 1.807) is 56.5 Å². The van der Waals surface area contributed by atoms with Gasteiger partial charge in [-0.1, -0.05) is 74.7 Å². The molecule has 1 unspecified atom stereocenters. The van der Waals surface area contributed by atoms with Crippen molar-refractivity contribution in [2.24, 2.45) is 0 Å². The van der Waals surface area contributed by atoms with E-state index in [2.05, 4.69) is 5.32 Å². The SMILES string of the molecule is CCc1ccccc1N(CC(=O)N(Cc1ccc(OC)cc1)C(C)C(=O)NC1CCCCC1)S(=O)(=O)c1ccccc1. The highest BCUT2D eigenvalue weighted by molar-refractivity contribution is 7.92. The van der Waals surface area contributed by atoms with Gasteiger partial charge >= 0.3 is 0 Å². The number of carbonyl (C=O) groups is 2. The van der Waals surface area contributed by atoms with E-state index in [0.717, 1.165) is 43.2 Å². The molecule has 1 N–H and O–H groups in total. The summed E-state index contributed by atoms with van der Waals surface area (Å²) in [5, 5.41) is 3.13. The number of benzene rings is 3. The Morgan fingerprint density at radius 3 is 2.21 bits per heavy atom. The van der Waals surface area contributed by atoms with Gasteiger partial charge in [0.05, 0.1) is 17.7 Å². The number of carbonyl (C=O) groups excluding carboxylic acids is 2. The fourth-order valence-electron chi connectivity index (χ4n) is 5.37. The van der Waals surface area contributed by atoms with Crippen molar-refractivity contribution in [3.63, 3.8) is 0 Å². The molecule has 0 saturated heterocycles. The molecule has 3 aromatic rings. The second-order valence-corrected chi connectivity index (χ2v) is 12.6. The van der Waals surface area contributed by atoms with Crippen molar-refractivity contribution in [1.82, 2.24) is 10.2 Å². The second kappa shape index (κ2) is 14.4. The third kappa shape index (κ3) is 7.50. The Morgan fingerprint density at radius 1 is 0.929 bits per heavy atom. The molecule has 8 nitrogen and oxygen atoms in total. The van der Waals surface area contributed by atoms with Crippen molar-refractivity contribution < 1.29 is 22.7 Å². The molecule has 4 rings (SSSR count). The maximum atomic E-state index is 14.2. The smallest absolute Gasteiger partial charge is 0.264 e. The van der Waals surface area contributed by atoms with Gasteiger partial charge < -0.3 is 15.0 Å². The van der Waals surface area contributed by atoms with Crippen LogP contribution in [0.15, 0.2) is 83.8 Å². The maximum absolute atomic E-state index is 14.2. The summed E-state index contributed by atoms with van der Waals surface area (Å²) < 4.78 is 34.5. The summed E-state index contributed by atoms with van der Waals surface area (Å²) in [6.07, 6.45) is 5.72. The molecule has 0 spiro atoms. The van der Waals surface area contributed by atoms with Crippen LogP contribution in [0.3, 0.4) is 0 Å². The van der Waals surface area contributed by atoms with Crippen LogP contribution < -0.4 is 14.4 Å². The first-order valence-electron chi connectivity index (χ1n) is 14.6. The Labute approximate surface area is 249 Å². The minimum atomic E-state index is -4.10. The molecule has 9 heteroatoms. The Balaban J connectivity index is 1.69. The van der Waals surface area contributed by atoms with Gasteiger partial charge in [-0.05, 0) is 67.6 Å². The molecule has 0 aliphatic heterocycles. The molecule has 1 aliphatic rings.